The summed E-state index contributed by atoms with van der Waals surface area (Å²) in [6.07, 6.45) is 0. The summed E-state index contributed by atoms with van der Waals surface area (Å²) in [5, 5.41) is 3.83. The lowest BCUT2D eigenvalue weighted by Crippen LogP contribution is -2.05. The molecule has 0 amide bonds. The molecule has 1 aromatic carbocycles. The summed E-state index contributed by atoms with van der Waals surface area (Å²) in [6, 6.07) is 6.27. The fraction of sp³-hybridized carbons (Fsp3) is 0.308. The molecule has 3 nitrogen and oxygen atoms in total. The minimum Gasteiger partial charge on any atom is -0.436 e. The summed E-state index contributed by atoms with van der Waals surface area (Å²) < 4.78 is 6.66. The van der Waals surface area contributed by atoms with Gasteiger partial charge in [0.15, 0.2) is 0 Å². The van der Waals surface area contributed by atoms with E-state index >= 15 is 0 Å². The molecule has 0 aliphatic carbocycles. The first-order chi connectivity index (χ1) is 8.60. The van der Waals surface area contributed by atoms with Crippen LogP contribution in [0.3, 0.4) is 0 Å². The van der Waals surface area contributed by atoms with Gasteiger partial charge in [-0.25, -0.2) is 4.98 Å². The van der Waals surface area contributed by atoms with Gasteiger partial charge in [0.1, 0.15) is 5.76 Å². The third kappa shape index (κ3) is 3.16. The largest absolute Gasteiger partial charge is 0.436 e. The number of halogens is 1. The molecule has 0 saturated carbocycles. The summed E-state index contributed by atoms with van der Waals surface area (Å²) >= 11 is 5.11. The minimum atomic E-state index is 0.693. The lowest BCUT2D eigenvalue weighted by Gasteiger charge is -2.05. The van der Waals surface area contributed by atoms with Gasteiger partial charge in [0.05, 0.1) is 5.69 Å². The van der Waals surface area contributed by atoms with E-state index in [1.54, 1.807) is 0 Å². The second kappa shape index (κ2) is 5.91. The predicted molar refractivity (Wildman–Crippen MR) is 77.0 cm³/mol. The van der Waals surface area contributed by atoms with Crippen molar-refractivity contribution >= 4 is 27.7 Å². The van der Waals surface area contributed by atoms with E-state index in [0.29, 0.717) is 5.22 Å². The van der Waals surface area contributed by atoms with Gasteiger partial charge in [0.2, 0.25) is 0 Å². The first-order valence-electron chi connectivity index (χ1n) is 5.65. The molecule has 18 heavy (non-hydrogen) atoms. The zero-order valence-corrected chi connectivity index (χ0v) is 13.0. The monoisotopic (exact) mass is 326 g/mol. The second-order valence-electron chi connectivity index (χ2n) is 4.01. The molecule has 0 atom stereocenters. The molecule has 0 aliphatic heterocycles. The van der Waals surface area contributed by atoms with Crippen molar-refractivity contribution in [1.29, 1.82) is 0 Å². The van der Waals surface area contributed by atoms with Gasteiger partial charge in [-0.3, -0.25) is 0 Å². The Morgan fingerprint density at radius 1 is 1.39 bits per heavy atom. The van der Waals surface area contributed by atoms with Crippen molar-refractivity contribution in [3.63, 3.8) is 0 Å². The van der Waals surface area contributed by atoms with Crippen LogP contribution >= 0.6 is 27.7 Å². The highest BCUT2D eigenvalue weighted by molar-refractivity contribution is 9.10. The average molecular weight is 327 g/mol. The average Bonchev–Trinajstić information content (AvgIpc) is 2.62. The van der Waals surface area contributed by atoms with Crippen molar-refractivity contribution in [2.24, 2.45) is 0 Å². The highest BCUT2D eigenvalue weighted by atomic mass is 79.9. The maximum Gasteiger partial charge on any atom is 0.260 e. The van der Waals surface area contributed by atoms with E-state index in [1.807, 2.05) is 20.9 Å². The van der Waals surface area contributed by atoms with E-state index in [9.17, 15) is 0 Å². The Kier molecular flexibility index (Phi) is 4.48. The Balaban J connectivity index is 2.17. The van der Waals surface area contributed by atoms with Crippen LogP contribution in [0.15, 0.2) is 37.2 Å². The Morgan fingerprint density at radius 3 is 2.72 bits per heavy atom. The standard InChI is InChI=1S/C13H15BrN2OS/c1-8-9(2)17-13(16-8)18-11-5-4-10(7-15-3)12(14)6-11/h4-6,15H,7H2,1-3H3. The summed E-state index contributed by atoms with van der Waals surface area (Å²) in [7, 11) is 1.94. The first kappa shape index (κ1) is 13.6. The number of oxazole rings is 1. The predicted octanol–water partition coefficient (Wildman–Crippen LogP) is 3.92. The SMILES string of the molecule is CNCc1ccc(Sc2nc(C)c(C)o2)cc1Br. The van der Waals surface area contributed by atoms with Gasteiger partial charge in [0, 0.05) is 15.9 Å². The van der Waals surface area contributed by atoms with Crippen LogP contribution in [0, 0.1) is 13.8 Å². The third-order valence-corrected chi connectivity index (χ3v) is 4.18. The topological polar surface area (TPSA) is 38.1 Å². The molecule has 0 fully saturated rings. The van der Waals surface area contributed by atoms with Crippen molar-refractivity contribution in [3.8, 4) is 0 Å². The van der Waals surface area contributed by atoms with Crippen LogP contribution in [-0.4, -0.2) is 12.0 Å². The first-order valence-corrected chi connectivity index (χ1v) is 7.26. The van der Waals surface area contributed by atoms with Gasteiger partial charge in [-0.05, 0) is 50.4 Å². The van der Waals surface area contributed by atoms with Crippen molar-refractivity contribution in [2.75, 3.05) is 7.05 Å². The molecule has 0 bridgehead atoms. The van der Waals surface area contributed by atoms with Crippen LogP contribution in [0.25, 0.3) is 0 Å². The fourth-order valence-electron chi connectivity index (χ4n) is 1.51. The lowest BCUT2D eigenvalue weighted by molar-refractivity contribution is 0.431. The maximum atomic E-state index is 5.56. The summed E-state index contributed by atoms with van der Waals surface area (Å²) in [5.74, 6) is 0.878. The highest BCUT2D eigenvalue weighted by Gasteiger charge is 2.08. The quantitative estimate of drug-likeness (QED) is 0.923. The molecule has 1 aromatic heterocycles. The van der Waals surface area contributed by atoms with Gasteiger partial charge >= 0.3 is 0 Å². The molecule has 2 aromatic rings. The van der Waals surface area contributed by atoms with Gasteiger partial charge in [-0.1, -0.05) is 22.0 Å². The zero-order valence-electron chi connectivity index (χ0n) is 10.6. The number of nitrogens with one attached hydrogen (secondary N) is 1. The van der Waals surface area contributed by atoms with Crippen LogP contribution in [-0.2, 0) is 6.54 Å². The van der Waals surface area contributed by atoms with Crippen LogP contribution in [0.5, 0.6) is 0 Å². The number of nitrogens with zero attached hydrogens (tertiary/aromatic N) is 1. The number of aromatic nitrogens is 1. The third-order valence-electron chi connectivity index (χ3n) is 2.61. The smallest absolute Gasteiger partial charge is 0.260 e. The lowest BCUT2D eigenvalue weighted by atomic mass is 10.2. The number of hydrogen-bond acceptors (Lipinski definition) is 4. The van der Waals surface area contributed by atoms with E-state index in [-0.39, 0.29) is 0 Å². The van der Waals surface area contributed by atoms with E-state index in [1.165, 1.54) is 17.3 Å². The highest BCUT2D eigenvalue weighted by Crippen LogP contribution is 2.31. The molecule has 0 aliphatic rings. The van der Waals surface area contributed by atoms with Crippen LogP contribution in [0.1, 0.15) is 17.0 Å². The van der Waals surface area contributed by atoms with Crippen LogP contribution < -0.4 is 5.32 Å². The summed E-state index contributed by atoms with van der Waals surface area (Å²) in [4.78, 5) is 5.48. The van der Waals surface area contributed by atoms with Crippen molar-refractivity contribution in [3.05, 3.63) is 39.7 Å². The normalized spacial score (nSPS) is 10.9. The molecule has 1 N–H and O–H groups in total. The molecular weight excluding hydrogens is 312 g/mol. The number of benzene rings is 1. The Bertz CT molecular complexity index is 534. The van der Waals surface area contributed by atoms with Gasteiger partial charge in [0.25, 0.3) is 5.22 Å². The van der Waals surface area contributed by atoms with Gasteiger partial charge in [-0.15, -0.1) is 0 Å². The number of aryl methyl sites for hydroxylation is 2. The second-order valence-corrected chi connectivity index (χ2v) is 5.89. The molecule has 0 radical (unpaired) electrons. The van der Waals surface area contributed by atoms with Crippen molar-refractivity contribution < 1.29 is 4.42 Å². The molecule has 96 valence electrons. The Hall–Kier alpha value is -0.780. The number of rotatable bonds is 4. The van der Waals surface area contributed by atoms with E-state index in [0.717, 1.165) is 27.4 Å². The van der Waals surface area contributed by atoms with Crippen molar-refractivity contribution in [1.82, 2.24) is 10.3 Å². The molecule has 0 unspecified atom stereocenters. The van der Waals surface area contributed by atoms with Crippen LogP contribution in [0.4, 0.5) is 0 Å². The van der Waals surface area contributed by atoms with Crippen molar-refractivity contribution in [2.45, 2.75) is 30.5 Å². The minimum absolute atomic E-state index is 0.693. The Labute approximate surface area is 120 Å². The molecule has 5 heteroatoms. The van der Waals surface area contributed by atoms with Gasteiger partial charge < -0.3 is 9.73 Å². The molecule has 1 heterocycles. The number of hydrogen-bond donors (Lipinski definition) is 1. The van der Waals surface area contributed by atoms with E-state index in [4.69, 9.17) is 4.42 Å². The Morgan fingerprint density at radius 2 is 2.17 bits per heavy atom. The summed E-state index contributed by atoms with van der Waals surface area (Å²) in [5.41, 5.74) is 2.19. The molecule has 0 spiro atoms. The molecular formula is C13H15BrN2OS. The van der Waals surface area contributed by atoms with Gasteiger partial charge in [-0.2, -0.15) is 0 Å². The van der Waals surface area contributed by atoms with E-state index in [2.05, 4.69) is 44.4 Å². The molecule has 0 saturated heterocycles. The molecule has 2 rings (SSSR count). The summed E-state index contributed by atoms with van der Waals surface area (Å²) in [6.45, 7) is 4.73. The van der Waals surface area contributed by atoms with Crippen LogP contribution in [0.2, 0.25) is 0 Å². The fourth-order valence-corrected chi connectivity index (χ4v) is 3.05. The van der Waals surface area contributed by atoms with E-state index < -0.39 is 0 Å². The maximum absolute atomic E-state index is 5.56. The zero-order chi connectivity index (χ0) is 13.1.